The lowest BCUT2D eigenvalue weighted by molar-refractivity contribution is 0.132. The highest BCUT2D eigenvalue weighted by Gasteiger charge is 2.22. The minimum Gasteiger partial charge on any atom is -0.395 e. The lowest BCUT2D eigenvalue weighted by Gasteiger charge is -2.26. The molecule has 1 fully saturated rings. The monoisotopic (exact) mass is 210 g/mol. The van der Waals surface area contributed by atoms with E-state index >= 15 is 0 Å². The number of aliphatic hydroxyl groups is 1. The fraction of sp³-hybridized carbons (Fsp3) is 0.727. The van der Waals surface area contributed by atoms with E-state index < -0.39 is 0 Å². The van der Waals surface area contributed by atoms with Crippen molar-refractivity contribution in [3.05, 3.63) is 18.0 Å². The largest absolute Gasteiger partial charge is 0.395 e. The van der Waals surface area contributed by atoms with Gasteiger partial charge < -0.3 is 9.63 Å². The summed E-state index contributed by atoms with van der Waals surface area (Å²) in [6.45, 7) is 1.71. The molecule has 4 nitrogen and oxygen atoms in total. The summed E-state index contributed by atoms with van der Waals surface area (Å²) in [5.41, 5.74) is 0. The first-order valence-corrected chi connectivity index (χ1v) is 5.64. The summed E-state index contributed by atoms with van der Waals surface area (Å²) in [6.07, 6.45) is 6.77. The van der Waals surface area contributed by atoms with E-state index in [4.69, 9.17) is 9.63 Å². The summed E-state index contributed by atoms with van der Waals surface area (Å²) in [7, 11) is 0. The van der Waals surface area contributed by atoms with E-state index in [2.05, 4.69) is 10.1 Å². The normalized spacial score (nSPS) is 17.7. The Morgan fingerprint density at radius 2 is 2.27 bits per heavy atom. The Labute approximate surface area is 89.9 Å². The second kappa shape index (κ2) is 5.28. The average molecular weight is 210 g/mol. The van der Waals surface area contributed by atoms with Crippen molar-refractivity contribution in [3.63, 3.8) is 0 Å². The molecule has 0 amide bonds. The second-order valence-electron chi connectivity index (χ2n) is 4.11. The van der Waals surface area contributed by atoms with E-state index in [0.717, 1.165) is 18.8 Å². The molecule has 0 aromatic carbocycles. The molecule has 1 aliphatic carbocycles. The van der Waals surface area contributed by atoms with Gasteiger partial charge in [0.2, 0.25) is 0 Å². The highest BCUT2D eigenvalue weighted by Crippen LogP contribution is 2.24. The third-order valence-electron chi connectivity index (χ3n) is 3.08. The van der Waals surface area contributed by atoms with Crippen molar-refractivity contribution in [1.82, 2.24) is 10.1 Å². The molecular formula is C11H18N2O2. The molecular weight excluding hydrogens is 192 g/mol. The van der Waals surface area contributed by atoms with Gasteiger partial charge in [0.25, 0.3) is 0 Å². The third kappa shape index (κ3) is 2.79. The zero-order valence-corrected chi connectivity index (χ0v) is 8.93. The maximum Gasteiger partial charge on any atom is 0.150 e. The Kier molecular flexibility index (Phi) is 3.75. The molecule has 2 rings (SSSR count). The molecule has 15 heavy (non-hydrogen) atoms. The second-order valence-corrected chi connectivity index (χ2v) is 4.11. The molecule has 0 radical (unpaired) electrons. The lowest BCUT2D eigenvalue weighted by atomic mass is 10.2. The van der Waals surface area contributed by atoms with Gasteiger partial charge in [0.15, 0.2) is 5.76 Å². The van der Waals surface area contributed by atoms with Crippen LogP contribution in [-0.2, 0) is 6.54 Å². The van der Waals surface area contributed by atoms with Gasteiger partial charge in [-0.1, -0.05) is 18.0 Å². The maximum atomic E-state index is 9.04. The molecule has 84 valence electrons. The van der Waals surface area contributed by atoms with E-state index in [1.165, 1.54) is 25.7 Å². The molecule has 0 saturated heterocycles. The SMILES string of the molecule is OCCN(Cc1ccno1)C1CCCC1. The third-order valence-corrected chi connectivity index (χ3v) is 3.08. The molecule has 1 saturated carbocycles. The summed E-state index contributed by atoms with van der Waals surface area (Å²) in [5.74, 6) is 0.885. The van der Waals surface area contributed by atoms with Crippen LogP contribution in [0, 0.1) is 0 Å². The predicted octanol–water partition coefficient (Wildman–Crippen LogP) is 1.41. The Morgan fingerprint density at radius 3 is 2.87 bits per heavy atom. The Morgan fingerprint density at radius 1 is 1.47 bits per heavy atom. The van der Waals surface area contributed by atoms with E-state index in [0.29, 0.717) is 6.04 Å². The van der Waals surface area contributed by atoms with Gasteiger partial charge in [0, 0.05) is 18.7 Å². The van der Waals surface area contributed by atoms with Crippen molar-refractivity contribution < 1.29 is 9.63 Å². The number of nitrogens with zero attached hydrogens (tertiary/aromatic N) is 2. The van der Waals surface area contributed by atoms with Crippen molar-refractivity contribution in [2.75, 3.05) is 13.2 Å². The van der Waals surface area contributed by atoms with Gasteiger partial charge in [-0.2, -0.15) is 0 Å². The molecule has 0 atom stereocenters. The number of hydrogen-bond donors (Lipinski definition) is 1. The molecule has 1 aromatic heterocycles. The quantitative estimate of drug-likeness (QED) is 0.798. The van der Waals surface area contributed by atoms with Crippen molar-refractivity contribution in [1.29, 1.82) is 0 Å². The topological polar surface area (TPSA) is 49.5 Å². The fourth-order valence-electron chi connectivity index (χ4n) is 2.31. The van der Waals surface area contributed by atoms with Crippen LogP contribution in [0.3, 0.4) is 0 Å². The van der Waals surface area contributed by atoms with Crippen LogP contribution in [-0.4, -0.2) is 34.4 Å². The van der Waals surface area contributed by atoms with Crippen LogP contribution in [0.1, 0.15) is 31.4 Å². The van der Waals surface area contributed by atoms with Gasteiger partial charge >= 0.3 is 0 Å². The van der Waals surface area contributed by atoms with Crippen LogP contribution in [0.4, 0.5) is 0 Å². The maximum absolute atomic E-state index is 9.04. The van der Waals surface area contributed by atoms with E-state index in [1.54, 1.807) is 6.20 Å². The molecule has 1 aromatic rings. The molecule has 0 spiro atoms. The molecule has 4 heteroatoms. The highest BCUT2D eigenvalue weighted by atomic mass is 16.5. The van der Waals surface area contributed by atoms with Crippen LogP contribution < -0.4 is 0 Å². The Balaban J connectivity index is 1.93. The van der Waals surface area contributed by atoms with Gasteiger partial charge in [0.1, 0.15) is 0 Å². The first-order valence-electron chi connectivity index (χ1n) is 5.64. The van der Waals surface area contributed by atoms with Gasteiger partial charge in [0.05, 0.1) is 19.3 Å². The summed E-state index contributed by atoms with van der Waals surface area (Å²) in [5, 5.41) is 12.7. The lowest BCUT2D eigenvalue weighted by Crippen LogP contribution is -2.34. The zero-order valence-electron chi connectivity index (χ0n) is 8.93. The number of hydrogen-bond acceptors (Lipinski definition) is 4. The summed E-state index contributed by atoms with van der Waals surface area (Å²) in [6, 6.07) is 2.50. The van der Waals surface area contributed by atoms with Crippen LogP contribution in [0.15, 0.2) is 16.8 Å². The standard InChI is InChI=1S/C11H18N2O2/c14-8-7-13(10-3-1-2-4-10)9-11-5-6-12-15-11/h5-6,10,14H,1-4,7-9H2. The number of aliphatic hydroxyl groups excluding tert-OH is 1. The molecule has 0 unspecified atom stereocenters. The van der Waals surface area contributed by atoms with Gasteiger partial charge in [-0.05, 0) is 12.8 Å². The van der Waals surface area contributed by atoms with Crippen molar-refractivity contribution in [3.8, 4) is 0 Å². The van der Waals surface area contributed by atoms with E-state index in [9.17, 15) is 0 Å². The smallest absolute Gasteiger partial charge is 0.150 e. The molecule has 1 aliphatic rings. The number of rotatable bonds is 5. The predicted molar refractivity (Wildman–Crippen MR) is 56.3 cm³/mol. The Bertz CT molecular complexity index is 268. The zero-order chi connectivity index (χ0) is 10.5. The fourth-order valence-corrected chi connectivity index (χ4v) is 2.31. The Hall–Kier alpha value is -0.870. The number of aromatic nitrogens is 1. The van der Waals surface area contributed by atoms with Gasteiger partial charge in [-0.25, -0.2) is 0 Å². The first-order chi connectivity index (χ1) is 7.40. The van der Waals surface area contributed by atoms with Crippen molar-refractivity contribution >= 4 is 0 Å². The van der Waals surface area contributed by atoms with Crippen molar-refractivity contribution in [2.45, 2.75) is 38.3 Å². The summed E-state index contributed by atoms with van der Waals surface area (Å²) >= 11 is 0. The molecule has 1 heterocycles. The molecule has 0 aliphatic heterocycles. The van der Waals surface area contributed by atoms with Gasteiger partial charge in [-0.15, -0.1) is 0 Å². The van der Waals surface area contributed by atoms with Crippen molar-refractivity contribution in [2.24, 2.45) is 0 Å². The van der Waals surface area contributed by atoms with Gasteiger partial charge in [-0.3, -0.25) is 4.90 Å². The minimum absolute atomic E-state index is 0.213. The van der Waals surface area contributed by atoms with Crippen LogP contribution in [0.2, 0.25) is 0 Å². The minimum atomic E-state index is 0.213. The van der Waals surface area contributed by atoms with Crippen LogP contribution in [0.5, 0.6) is 0 Å². The highest BCUT2D eigenvalue weighted by molar-refractivity contribution is 4.94. The van der Waals surface area contributed by atoms with E-state index in [1.807, 2.05) is 6.07 Å². The van der Waals surface area contributed by atoms with Crippen LogP contribution >= 0.6 is 0 Å². The molecule has 1 N–H and O–H groups in total. The molecule has 0 bridgehead atoms. The summed E-state index contributed by atoms with van der Waals surface area (Å²) < 4.78 is 5.10. The van der Waals surface area contributed by atoms with Crippen LogP contribution in [0.25, 0.3) is 0 Å². The average Bonchev–Trinajstić information content (AvgIpc) is 2.89. The summed E-state index contributed by atoms with van der Waals surface area (Å²) in [4.78, 5) is 2.30. The van der Waals surface area contributed by atoms with E-state index in [-0.39, 0.29) is 6.61 Å². The first kappa shape index (κ1) is 10.6.